The van der Waals surface area contributed by atoms with E-state index in [9.17, 15) is 18.3 Å². The number of alkyl halides is 4. The van der Waals surface area contributed by atoms with Crippen LogP contribution in [0, 0.1) is 0 Å². The molecule has 1 unspecified atom stereocenters. The highest BCUT2D eigenvalue weighted by molar-refractivity contribution is 6.18. The van der Waals surface area contributed by atoms with Gasteiger partial charge in [-0.2, -0.15) is 13.2 Å². The largest absolute Gasteiger partial charge is 0.433 e. The van der Waals surface area contributed by atoms with E-state index in [4.69, 9.17) is 11.6 Å². The second-order valence-electron chi connectivity index (χ2n) is 2.61. The minimum atomic E-state index is -4.57. The Morgan fingerprint density at radius 2 is 2.14 bits per heavy atom. The van der Waals surface area contributed by atoms with Crippen molar-refractivity contribution in [3.8, 4) is 0 Å². The summed E-state index contributed by atoms with van der Waals surface area (Å²) in [4.78, 5) is 3.18. The molecule has 0 bridgehead atoms. The molecule has 1 N–H and O–H groups in total. The van der Waals surface area contributed by atoms with Gasteiger partial charge in [-0.15, -0.1) is 11.6 Å². The van der Waals surface area contributed by atoms with Crippen molar-refractivity contribution in [1.29, 1.82) is 0 Å². The van der Waals surface area contributed by atoms with Gasteiger partial charge in [0.1, 0.15) is 5.69 Å². The summed E-state index contributed by atoms with van der Waals surface area (Å²) in [5.41, 5.74) is -1.39. The van der Waals surface area contributed by atoms with E-state index in [1.807, 2.05) is 0 Å². The van der Waals surface area contributed by atoms with E-state index < -0.39 is 18.0 Å². The van der Waals surface area contributed by atoms with Gasteiger partial charge in [-0.1, -0.05) is 6.07 Å². The number of aliphatic hydroxyl groups is 1. The van der Waals surface area contributed by atoms with E-state index in [2.05, 4.69) is 4.98 Å². The summed E-state index contributed by atoms with van der Waals surface area (Å²) >= 11 is 5.26. The fraction of sp³-hybridized carbons (Fsp3) is 0.375. The highest BCUT2D eigenvalue weighted by Crippen LogP contribution is 2.32. The zero-order valence-corrected chi connectivity index (χ0v) is 7.68. The molecule has 78 valence electrons. The number of hydrogen-bond donors (Lipinski definition) is 1. The molecule has 0 aromatic carbocycles. The molecule has 0 radical (unpaired) electrons. The molecule has 1 atom stereocenters. The third kappa shape index (κ3) is 2.36. The normalized spacial score (nSPS) is 14.1. The monoisotopic (exact) mass is 225 g/mol. The van der Waals surface area contributed by atoms with Crippen molar-refractivity contribution in [3.63, 3.8) is 0 Å². The standard InChI is InChI=1S/C8H7ClF3NO/c9-4-6(14)5-2-1-3-13-7(5)8(10,11)12/h1-3,6,14H,4H2. The summed E-state index contributed by atoms with van der Waals surface area (Å²) in [5.74, 6) is -0.297. The molecule has 0 aliphatic carbocycles. The second kappa shape index (κ2) is 4.14. The quantitative estimate of drug-likeness (QED) is 0.784. The predicted octanol–water partition coefficient (Wildman–Crippen LogP) is 2.37. The zero-order valence-electron chi connectivity index (χ0n) is 6.92. The number of aromatic nitrogens is 1. The molecule has 2 nitrogen and oxygen atoms in total. The van der Waals surface area contributed by atoms with Crippen molar-refractivity contribution in [2.75, 3.05) is 5.88 Å². The Morgan fingerprint density at radius 3 is 2.64 bits per heavy atom. The maximum Gasteiger partial charge on any atom is 0.433 e. The molecule has 0 fully saturated rings. The lowest BCUT2D eigenvalue weighted by atomic mass is 10.1. The van der Waals surface area contributed by atoms with Gasteiger partial charge in [0.05, 0.1) is 12.0 Å². The van der Waals surface area contributed by atoms with Gasteiger partial charge in [-0.25, -0.2) is 0 Å². The number of aliphatic hydroxyl groups excluding tert-OH is 1. The van der Waals surface area contributed by atoms with E-state index >= 15 is 0 Å². The van der Waals surface area contributed by atoms with Crippen LogP contribution in [-0.2, 0) is 6.18 Å². The van der Waals surface area contributed by atoms with Crippen LogP contribution in [0.25, 0.3) is 0 Å². The van der Waals surface area contributed by atoms with Crippen LogP contribution in [-0.4, -0.2) is 16.0 Å². The number of pyridine rings is 1. The van der Waals surface area contributed by atoms with Crippen molar-refractivity contribution >= 4 is 11.6 Å². The Bertz CT molecular complexity index is 316. The molecule has 1 heterocycles. The summed E-state index contributed by atoms with van der Waals surface area (Å²) in [6, 6.07) is 2.48. The smallest absolute Gasteiger partial charge is 0.387 e. The lowest BCUT2D eigenvalue weighted by molar-refractivity contribution is -0.142. The SMILES string of the molecule is OC(CCl)c1cccnc1C(F)(F)F. The van der Waals surface area contributed by atoms with Crippen LogP contribution in [0.15, 0.2) is 18.3 Å². The summed E-state index contributed by atoms with van der Waals surface area (Å²) in [5, 5.41) is 9.20. The predicted molar refractivity (Wildman–Crippen MR) is 44.9 cm³/mol. The highest BCUT2D eigenvalue weighted by atomic mass is 35.5. The molecule has 0 saturated carbocycles. The molecule has 1 rings (SSSR count). The molecule has 0 spiro atoms. The Labute approximate surface area is 83.3 Å². The number of hydrogen-bond acceptors (Lipinski definition) is 2. The Kier molecular flexibility index (Phi) is 3.34. The van der Waals surface area contributed by atoms with Gasteiger partial charge >= 0.3 is 6.18 Å². The van der Waals surface area contributed by atoms with Crippen molar-refractivity contribution in [3.05, 3.63) is 29.6 Å². The summed E-state index contributed by atoms with van der Waals surface area (Å²) < 4.78 is 37.0. The fourth-order valence-corrected chi connectivity index (χ4v) is 1.17. The summed E-state index contributed by atoms with van der Waals surface area (Å²) in [6.45, 7) is 0. The Morgan fingerprint density at radius 1 is 1.50 bits per heavy atom. The summed E-state index contributed by atoms with van der Waals surface area (Å²) in [6.07, 6.45) is -4.89. The van der Waals surface area contributed by atoms with Gasteiger partial charge in [0.2, 0.25) is 0 Å². The first kappa shape index (κ1) is 11.3. The third-order valence-electron chi connectivity index (χ3n) is 1.61. The van der Waals surface area contributed by atoms with E-state index in [0.717, 1.165) is 12.3 Å². The first-order valence-corrected chi connectivity index (χ1v) is 4.26. The third-order valence-corrected chi connectivity index (χ3v) is 1.90. The molecule has 0 aliphatic rings. The molecule has 0 aliphatic heterocycles. The first-order chi connectivity index (χ1) is 6.46. The van der Waals surface area contributed by atoms with Crippen LogP contribution in [0.4, 0.5) is 13.2 Å². The molecule has 1 aromatic heterocycles. The maximum atomic E-state index is 12.3. The van der Waals surface area contributed by atoms with Gasteiger partial charge < -0.3 is 5.11 Å². The lowest BCUT2D eigenvalue weighted by Gasteiger charge is -2.13. The van der Waals surface area contributed by atoms with Crippen LogP contribution in [0.1, 0.15) is 17.4 Å². The molecule has 6 heteroatoms. The van der Waals surface area contributed by atoms with Gasteiger partial charge in [0.25, 0.3) is 0 Å². The minimum absolute atomic E-state index is 0.296. The van der Waals surface area contributed by atoms with Crippen LogP contribution in [0.5, 0.6) is 0 Å². The van der Waals surface area contributed by atoms with Crippen molar-refractivity contribution < 1.29 is 18.3 Å². The van der Waals surface area contributed by atoms with Crippen molar-refractivity contribution in [2.45, 2.75) is 12.3 Å². The minimum Gasteiger partial charge on any atom is -0.387 e. The van der Waals surface area contributed by atoms with E-state index in [-0.39, 0.29) is 11.4 Å². The Balaban J connectivity index is 3.16. The van der Waals surface area contributed by atoms with Gasteiger partial charge in [-0.05, 0) is 6.07 Å². The Hall–Kier alpha value is -0.810. The lowest BCUT2D eigenvalue weighted by Crippen LogP contribution is -2.14. The van der Waals surface area contributed by atoms with Crippen molar-refractivity contribution in [2.24, 2.45) is 0 Å². The first-order valence-electron chi connectivity index (χ1n) is 3.73. The van der Waals surface area contributed by atoms with Gasteiger partial charge in [0.15, 0.2) is 0 Å². The van der Waals surface area contributed by atoms with Gasteiger partial charge in [0, 0.05) is 11.8 Å². The molecule has 14 heavy (non-hydrogen) atoms. The second-order valence-corrected chi connectivity index (χ2v) is 2.92. The molecule has 0 saturated heterocycles. The average Bonchev–Trinajstić information content (AvgIpc) is 2.15. The number of halogens is 4. The van der Waals surface area contributed by atoms with Crippen LogP contribution < -0.4 is 0 Å². The van der Waals surface area contributed by atoms with Crippen LogP contribution in [0.3, 0.4) is 0 Å². The summed E-state index contributed by atoms with van der Waals surface area (Å²) in [7, 11) is 0. The number of nitrogens with zero attached hydrogens (tertiary/aromatic N) is 1. The molecule has 1 aromatic rings. The van der Waals surface area contributed by atoms with E-state index in [1.165, 1.54) is 6.07 Å². The van der Waals surface area contributed by atoms with E-state index in [1.54, 1.807) is 0 Å². The van der Waals surface area contributed by atoms with Crippen LogP contribution >= 0.6 is 11.6 Å². The topological polar surface area (TPSA) is 33.1 Å². The van der Waals surface area contributed by atoms with Gasteiger partial charge in [-0.3, -0.25) is 4.98 Å². The van der Waals surface area contributed by atoms with E-state index in [0.29, 0.717) is 0 Å². The number of rotatable bonds is 2. The maximum absolute atomic E-state index is 12.3. The highest BCUT2D eigenvalue weighted by Gasteiger charge is 2.36. The van der Waals surface area contributed by atoms with Crippen molar-refractivity contribution in [1.82, 2.24) is 4.98 Å². The molecular weight excluding hydrogens is 219 g/mol. The molecule has 0 amide bonds. The zero-order chi connectivity index (χ0) is 10.8. The molecular formula is C8H7ClF3NO. The van der Waals surface area contributed by atoms with Crippen LogP contribution in [0.2, 0.25) is 0 Å². The average molecular weight is 226 g/mol. The fourth-order valence-electron chi connectivity index (χ4n) is 1.01.